The Bertz CT molecular complexity index is 470. The van der Waals surface area contributed by atoms with Crippen LogP contribution in [-0.2, 0) is 11.3 Å². The molecular formula is C17H28ClN3OS. The van der Waals surface area contributed by atoms with Crippen LogP contribution in [0.5, 0.6) is 0 Å². The largest absolute Gasteiger partial charge is 0.340 e. The van der Waals surface area contributed by atoms with Crippen LogP contribution in [0, 0.1) is 5.92 Å². The minimum absolute atomic E-state index is 0. The molecule has 2 fully saturated rings. The fourth-order valence-electron chi connectivity index (χ4n) is 2.99. The molecule has 6 heteroatoms. The van der Waals surface area contributed by atoms with Crippen molar-refractivity contribution in [1.29, 1.82) is 0 Å². The van der Waals surface area contributed by atoms with Gasteiger partial charge < -0.3 is 10.2 Å². The molecule has 0 unspecified atom stereocenters. The van der Waals surface area contributed by atoms with Crippen LogP contribution in [0.2, 0.25) is 0 Å². The lowest BCUT2D eigenvalue weighted by Crippen LogP contribution is -2.46. The number of halogens is 1. The van der Waals surface area contributed by atoms with Crippen LogP contribution >= 0.6 is 23.7 Å². The molecule has 4 nitrogen and oxygen atoms in total. The summed E-state index contributed by atoms with van der Waals surface area (Å²) in [5.41, 5.74) is 0. The minimum atomic E-state index is 0. The molecule has 0 spiro atoms. The molecule has 1 aromatic rings. The average molecular weight is 358 g/mol. The first-order valence-electron chi connectivity index (χ1n) is 8.43. The van der Waals surface area contributed by atoms with Gasteiger partial charge in [-0.05, 0) is 49.6 Å². The second-order valence-electron chi connectivity index (χ2n) is 6.73. The summed E-state index contributed by atoms with van der Waals surface area (Å²) < 4.78 is 0. The Hall–Kier alpha value is -0.620. The highest BCUT2D eigenvalue weighted by Gasteiger charge is 2.25. The fourth-order valence-corrected chi connectivity index (χ4v) is 3.74. The molecule has 2 aliphatic rings. The van der Waals surface area contributed by atoms with Crippen molar-refractivity contribution < 1.29 is 4.79 Å². The van der Waals surface area contributed by atoms with E-state index in [9.17, 15) is 4.79 Å². The third-order valence-electron chi connectivity index (χ3n) is 4.74. The molecule has 1 aliphatic carbocycles. The van der Waals surface area contributed by atoms with Crippen LogP contribution < -0.4 is 5.32 Å². The zero-order valence-electron chi connectivity index (χ0n) is 13.9. The Morgan fingerprint density at radius 1 is 1.35 bits per heavy atom. The molecule has 23 heavy (non-hydrogen) atoms. The number of carbonyl (C=O) groups excluding carboxylic acids is 1. The number of thiophene rings is 1. The van der Waals surface area contributed by atoms with Crippen LogP contribution in [-0.4, -0.2) is 55.0 Å². The molecule has 1 saturated heterocycles. The lowest BCUT2D eigenvalue weighted by molar-refractivity contribution is -0.131. The standard InChI is InChI=1S/C17H27N3OS.ClH/c1-19(12-16-3-2-10-22-16)17(21)13-20-8-6-15(7-9-20)18-11-14-4-5-14;/h2-3,10,14-15,18H,4-9,11-13H2,1H3;1H. The second-order valence-corrected chi connectivity index (χ2v) is 7.76. The summed E-state index contributed by atoms with van der Waals surface area (Å²) in [5.74, 6) is 1.18. The van der Waals surface area contributed by atoms with E-state index in [2.05, 4.69) is 21.7 Å². The number of hydrogen-bond acceptors (Lipinski definition) is 4. The Balaban J connectivity index is 0.00000192. The second kappa shape index (κ2) is 9.02. The van der Waals surface area contributed by atoms with E-state index in [0.717, 1.165) is 25.6 Å². The normalized spacial score (nSPS) is 19.3. The number of nitrogens with one attached hydrogen (secondary N) is 1. The van der Waals surface area contributed by atoms with Gasteiger partial charge in [-0.1, -0.05) is 6.07 Å². The summed E-state index contributed by atoms with van der Waals surface area (Å²) in [6.07, 6.45) is 5.18. The van der Waals surface area contributed by atoms with Crippen molar-refractivity contribution in [3.05, 3.63) is 22.4 Å². The number of carbonyl (C=O) groups is 1. The highest BCUT2D eigenvalue weighted by atomic mass is 35.5. The maximum absolute atomic E-state index is 12.3. The van der Waals surface area contributed by atoms with Crippen LogP contribution in [0.3, 0.4) is 0 Å². The number of rotatable bonds is 7. The van der Waals surface area contributed by atoms with E-state index in [4.69, 9.17) is 0 Å². The summed E-state index contributed by atoms with van der Waals surface area (Å²) in [6.45, 7) is 4.59. The molecule has 1 amide bonds. The molecule has 1 N–H and O–H groups in total. The van der Waals surface area contributed by atoms with Gasteiger partial charge in [0.15, 0.2) is 0 Å². The molecule has 0 radical (unpaired) electrons. The van der Waals surface area contributed by atoms with Crippen molar-refractivity contribution in [2.75, 3.05) is 33.2 Å². The molecule has 1 aromatic heterocycles. The molecule has 0 bridgehead atoms. The highest BCUT2D eigenvalue weighted by Crippen LogP contribution is 2.28. The van der Waals surface area contributed by atoms with Crippen molar-refractivity contribution >= 4 is 29.7 Å². The quantitative estimate of drug-likeness (QED) is 0.814. The van der Waals surface area contributed by atoms with E-state index in [1.807, 2.05) is 18.0 Å². The van der Waals surface area contributed by atoms with Gasteiger partial charge in [-0.15, -0.1) is 23.7 Å². The highest BCUT2D eigenvalue weighted by molar-refractivity contribution is 7.09. The van der Waals surface area contributed by atoms with E-state index in [0.29, 0.717) is 12.6 Å². The summed E-state index contributed by atoms with van der Waals surface area (Å²) in [6, 6.07) is 4.79. The number of piperidine rings is 1. The first-order chi connectivity index (χ1) is 10.7. The summed E-state index contributed by atoms with van der Waals surface area (Å²) >= 11 is 1.71. The molecule has 1 aliphatic heterocycles. The molecule has 130 valence electrons. The van der Waals surface area contributed by atoms with Crippen molar-refractivity contribution in [1.82, 2.24) is 15.1 Å². The van der Waals surface area contributed by atoms with Gasteiger partial charge in [0.25, 0.3) is 0 Å². The van der Waals surface area contributed by atoms with Crippen LogP contribution in [0.1, 0.15) is 30.6 Å². The number of amides is 1. The smallest absolute Gasteiger partial charge is 0.236 e. The van der Waals surface area contributed by atoms with E-state index in [1.54, 1.807) is 11.3 Å². The van der Waals surface area contributed by atoms with Gasteiger partial charge in [0.05, 0.1) is 13.1 Å². The average Bonchev–Trinajstić information content (AvgIpc) is 3.22. The maximum Gasteiger partial charge on any atom is 0.236 e. The Kier molecular flexibility index (Phi) is 7.34. The zero-order valence-corrected chi connectivity index (χ0v) is 15.5. The SMILES string of the molecule is CN(Cc1cccs1)C(=O)CN1CCC(NCC2CC2)CC1.Cl. The molecule has 3 rings (SSSR count). The van der Waals surface area contributed by atoms with Crippen LogP contribution in [0.25, 0.3) is 0 Å². The molecule has 0 aromatic carbocycles. The van der Waals surface area contributed by atoms with E-state index in [-0.39, 0.29) is 18.3 Å². The predicted molar refractivity (Wildman–Crippen MR) is 98.2 cm³/mol. The molecule has 1 saturated carbocycles. The fraction of sp³-hybridized carbons (Fsp3) is 0.706. The number of nitrogens with zero attached hydrogens (tertiary/aromatic N) is 2. The van der Waals surface area contributed by atoms with Gasteiger partial charge in [0.2, 0.25) is 5.91 Å². The maximum atomic E-state index is 12.3. The number of likely N-dealkylation sites (tertiary alicyclic amines) is 1. The Morgan fingerprint density at radius 2 is 2.09 bits per heavy atom. The predicted octanol–water partition coefficient (Wildman–Crippen LogP) is 2.59. The topological polar surface area (TPSA) is 35.6 Å². The van der Waals surface area contributed by atoms with Gasteiger partial charge in [-0.2, -0.15) is 0 Å². The first-order valence-corrected chi connectivity index (χ1v) is 9.31. The van der Waals surface area contributed by atoms with E-state index in [1.165, 1.54) is 37.1 Å². The van der Waals surface area contributed by atoms with Gasteiger partial charge in [-0.3, -0.25) is 9.69 Å². The monoisotopic (exact) mass is 357 g/mol. The third kappa shape index (κ3) is 6.07. The molecule has 2 heterocycles. The van der Waals surface area contributed by atoms with Gasteiger partial charge in [0, 0.05) is 31.1 Å². The van der Waals surface area contributed by atoms with E-state index >= 15 is 0 Å². The van der Waals surface area contributed by atoms with E-state index < -0.39 is 0 Å². The minimum Gasteiger partial charge on any atom is -0.340 e. The van der Waals surface area contributed by atoms with Crippen molar-refractivity contribution in [3.8, 4) is 0 Å². The Labute approximate surface area is 149 Å². The lowest BCUT2D eigenvalue weighted by atomic mass is 10.0. The van der Waals surface area contributed by atoms with Crippen LogP contribution in [0.15, 0.2) is 17.5 Å². The first kappa shape index (κ1) is 18.7. The lowest BCUT2D eigenvalue weighted by Gasteiger charge is -2.33. The van der Waals surface area contributed by atoms with Gasteiger partial charge >= 0.3 is 0 Å². The van der Waals surface area contributed by atoms with Crippen molar-refractivity contribution in [2.24, 2.45) is 5.92 Å². The zero-order chi connectivity index (χ0) is 15.4. The summed E-state index contributed by atoms with van der Waals surface area (Å²) in [7, 11) is 1.91. The van der Waals surface area contributed by atoms with Crippen molar-refractivity contribution in [2.45, 2.75) is 38.3 Å². The Morgan fingerprint density at radius 3 is 2.70 bits per heavy atom. The summed E-state index contributed by atoms with van der Waals surface area (Å²) in [4.78, 5) is 17.7. The number of hydrogen-bond donors (Lipinski definition) is 1. The van der Waals surface area contributed by atoms with Crippen molar-refractivity contribution in [3.63, 3.8) is 0 Å². The third-order valence-corrected chi connectivity index (χ3v) is 5.60. The summed E-state index contributed by atoms with van der Waals surface area (Å²) in [5, 5.41) is 5.75. The molecular weight excluding hydrogens is 330 g/mol. The number of likely N-dealkylation sites (N-methyl/N-ethyl adjacent to an activating group) is 1. The van der Waals surface area contributed by atoms with Gasteiger partial charge in [0.1, 0.15) is 0 Å². The molecule has 0 atom stereocenters. The van der Waals surface area contributed by atoms with Crippen LogP contribution in [0.4, 0.5) is 0 Å². The van der Waals surface area contributed by atoms with Gasteiger partial charge in [-0.25, -0.2) is 0 Å².